The molecule has 136 valence electrons. The van der Waals surface area contributed by atoms with Gasteiger partial charge in [-0.1, -0.05) is 19.8 Å². The first-order valence-electron chi connectivity index (χ1n) is 9.57. The van der Waals surface area contributed by atoms with Crippen molar-refractivity contribution in [3.8, 4) is 0 Å². The fourth-order valence-corrected chi connectivity index (χ4v) is 3.61. The quantitative estimate of drug-likeness (QED) is 0.840. The zero-order valence-electron chi connectivity index (χ0n) is 16.3. The lowest BCUT2D eigenvalue weighted by molar-refractivity contribution is 0.519. The zero-order chi connectivity index (χ0) is 18.0. The van der Waals surface area contributed by atoms with Crippen LogP contribution in [0.1, 0.15) is 67.0 Å². The number of nitrogens with zero attached hydrogens (tertiary/aromatic N) is 5. The molecule has 2 aromatic rings. The Hall–Kier alpha value is -1.91. The lowest BCUT2D eigenvalue weighted by Crippen LogP contribution is -2.25. The average Bonchev–Trinajstić information content (AvgIpc) is 2.81. The molecule has 0 aliphatic carbocycles. The van der Waals surface area contributed by atoms with Crippen molar-refractivity contribution in [1.29, 1.82) is 0 Å². The molecule has 0 spiro atoms. The first kappa shape index (κ1) is 17.9. The lowest BCUT2D eigenvalue weighted by Gasteiger charge is -2.23. The van der Waals surface area contributed by atoms with Gasteiger partial charge in [-0.05, 0) is 46.1 Å². The number of aryl methyl sites for hydroxylation is 2. The van der Waals surface area contributed by atoms with E-state index in [4.69, 9.17) is 9.97 Å². The van der Waals surface area contributed by atoms with Crippen molar-refractivity contribution in [3.63, 3.8) is 0 Å². The van der Waals surface area contributed by atoms with Crippen LogP contribution in [0.4, 0.5) is 5.82 Å². The molecular weight excluding hydrogens is 310 g/mol. The molecule has 0 bridgehead atoms. The number of aromatic nitrogens is 4. The summed E-state index contributed by atoms with van der Waals surface area (Å²) in [5.41, 5.74) is 4.78. The summed E-state index contributed by atoms with van der Waals surface area (Å²) in [5.74, 6) is 2.28. The third kappa shape index (κ3) is 4.02. The van der Waals surface area contributed by atoms with Gasteiger partial charge >= 0.3 is 0 Å². The SMILES string of the molecule is Cc1nc([C@H](C)Cn2nc(C)c(C)c2C)cc(N2CCCCCC2)n1. The maximum absolute atomic E-state index is 4.73. The molecule has 25 heavy (non-hydrogen) atoms. The average molecular weight is 342 g/mol. The van der Waals surface area contributed by atoms with Gasteiger partial charge in [0.15, 0.2) is 0 Å². The zero-order valence-corrected chi connectivity index (χ0v) is 16.3. The molecule has 1 aliphatic heterocycles. The largest absolute Gasteiger partial charge is 0.357 e. The molecule has 0 amide bonds. The molecule has 1 atom stereocenters. The Labute approximate surface area is 151 Å². The number of rotatable bonds is 4. The smallest absolute Gasteiger partial charge is 0.132 e. The van der Waals surface area contributed by atoms with Gasteiger partial charge in [0.2, 0.25) is 0 Å². The summed E-state index contributed by atoms with van der Waals surface area (Å²) in [6.45, 7) is 13.7. The van der Waals surface area contributed by atoms with Gasteiger partial charge in [-0.2, -0.15) is 5.10 Å². The molecule has 3 rings (SSSR count). The maximum atomic E-state index is 4.73. The Morgan fingerprint density at radius 2 is 1.68 bits per heavy atom. The molecule has 0 saturated carbocycles. The topological polar surface area (TPSA) is 46.8 Å². The van der Waals surface area contributed by atoms with E-state index in [0.29, 0.717) is 5.92 Å². The molecule has 5 heteroatoms. The molecule has 0 aromatic carbocycles. The second-order valence-corrected chi connectivity index (χ2v) is 7.48. The summed E-state index contributed by atoms with van der Waals surface area (Å²) in [5, 5.41) is 4.69. The van der Waals surface area contributed by atoms with Crippen molar-refractivity contribution in [3.05, 3.63) is 34.5 Å². The van der Waals surface area contributed by atoms with E-state index in [1.54, 1.807) is 0 Å². The van der Waals surface area contributed by atoms with Crippen molar-refractivity contribution in [1.82, 2.24) is 19.7 Å². The highest BCUT2D eigenvalue weighted by atomic mass is 15.3. The molecule has 0 radical (unpaired) electrons. The Balaban J connectivity index is 1.82. The highest BCUT2D eigenvalue weighted by Gasteiger charge is 2.17. The van der Waals surface area contributed by atoms with Crippen molar-refractivity contribution >= 4 is 5.82 Å². The second kappa shape index (κ2) is 7.54. The van der Waals surface area contributed by atoms with Crippen LogP contribution in [0.3, 0.4) is 0 Å². The van der Waals surface area contributed by atoms with Gasteiger partial charge < -0.3 is 4.90 Å². The molecule has 1 aliphatic rings. The Morgan fingerprint density at radius 3 is 2.28 bits per heavy atom. The molecule has 0 unspecified atom stereocenters. The van der Waals surface area contributed by atoms with Crippen LogP contribution in [0.5, 0.6) is 0 Å². The van der Waals surface area contributed by atoms with E-state index in [0.717, 1.165) is 42.7 Å². The van der Waals surface area contributed by atoms with E-state index < -0.39 is 0 Å². The van der Waals surface area contributed by atoms with Crippen LogP contribution in [0.25, 0.3) is 0 Å². The molecule has 1 saturated heterocycles. The van der Waals surface area contributed by atoms with Crippen LogP contribution in [-0.4, -0.2) is 32.8 Å². The number of hydrogen-bond donors (Lipinski definition) is 0. The summed E-state index contributed by atoms with van der Waals surface area (Å²) in [4.78, 5) is 11.9. The summed E-state index contributed by atoms with van der Waals surface area (Å²) < 4.78 is 2.12. The van der Waals surface area contributed by atoms with Crippen LogP contribution in [-0.2, 0) is 6.54 Å². The standard InChI is InChI=1S/C20H31N5/c1-14(13-25-17(4)15(2)16(3)23-25)19-12-20(22-18(5)21-19)24-10-8-6-7-9-11-24/h12,14H,6-11,13H2,1-5H3/t14-/m1/s1. The minimum Gasteiger partial charge on any atom is -0.357 e. The van der Waals surface area contributed by atoms with Gasteiger partial charge in [0.1, 0.15) is 11.6 Å². The summed E-state index contributed by atoms with van der Waals surface area (Å²) in [6.07, 6.45) is 5.19. The lowest BCUT2D eigenvalue weighted by atomic mass is 10.1. The highest BCUT2D eigenvalue weighted by molar-refractivity contribution is 5.40. The summed E-state index contributed by atoms with van der Waals surface area (Å²) in [6, 6.07) is 2.20. The van der Waals surface area contributed by atoms with Gasteiger partial charge in [0.05, 0.1) is 11.4 Å². The Bertz CT molecular complexity index is 726. The van der Waals surface area contributed by atoms with E-state index in [2.05, 4.69) is 48.4 Å². The fraction of sp³-hybridized carbons (Fsp3) is 0.650. The van der Waals surface area contributed by atoms with Crippen molar-refractivity contribution < 1.29 is 0 Å². The first-order valence-corrected chi connectivity index (χ1v) is 9.57. The number of hydrogen-bond acceptors (Lipinski definition) is 4. The Morgan fingerprint density at radius 1 is 1.00 bits per heavy atom. The second-order valence-electron chi connectivity index (χ2n) is 7.48. The highest BCUT2D eigenvalue weighted by Crippen LogP contribution is 2.24. The normalized spacial score (nSPS) is 16.8. The van der Waals surface area contributed by atoms with Gasteiger partial charge in [0, 0.05) is 37.3 Å². The molecule has 0 N–H and O–H groups in total. The van der Waals surface area contributed by atoms with Gasteiger partial charge in [-0.25, -0.2) is 9.97 Å². The van der Waals surface area contributed by atoms with Crippen LogP contribution < -0.4 is 4.90 Å². The van der Waals surface area contributed by atoms with Crippen molar-refractivity contribution in [2.24, 2.45) is 0 Å². The third-order valence-corrected chi connectivity index (χ3v) is 5.47. The fourth-order valence-electron chi connectivity index (χ4n) is 3.61. The molecule has 2 aromatic heterocycles. The van der Waals surface area contributed by atoms with Crippen molar-refractivity contribution in [2.75, 3.05) is 18.0 Å². The van der Waals surface area contributed by atoms with Crippen LogP contribution in [0.15, 0.2) is 6.07 Å². The monoisotopic (exact) mass is 341 g/mol. The predicted molar refractivity (Wildman–Crippen MR) is 102 cm³/mol. The summed E-state index contributed by atoms with van der Waals surface area (Å²) in [7, 11) is 0. The van der Waals surface area contributed by atoms with Gasteiger partial charge in [-0.3, -0.25) is 4.68 Å². The van der Waals surface area contributed by atoms with Gasteiger partial charge in [-0.15, -0.1) is 0 Å². The summed E-state index contributed by atoms with van der Waals surface area (Å²) >= 11 is 0. The van der Waals surface area contributed by atoms with Crippen LogP contribution >= 0.6 is 0 Å². The van der Waals surface area contributed by atoms with E-state index in [1.807, 2.05) is 6.92 Å². The van der Waals surface area contributed by atoms with E-state index in [9.17, 15) is 0 Å². The molecular formula is C20H31N5. The predicted octanol–water partition coefficient (Wildman–Crippen LogP) is 4.09. The van der Waals surface area contributed by atoms with Gasteiger partial charge in [0.25, 0.3) is 0 Å². The number of anilines is 1. The van der Waals surface area contributed by atoms with Crippen LogP contribution in [0, 0.1) is 27.7 Å². The van der Waals surface area contributed by atoms with E-state index in [1.165, 1.54) is 36.9 Å². The van der Waals surface area contributed by atoms with E-state index in [-0.39, 0.29) is 0 Å². The minimum absolute atomic E-state index is 0.310. The van der Waals surface area contributed by atoms with Crippen molar-refractivity contribution in [2.45, 2.75) is 72.8 Å². The third-order valence-electron chi connectivity index (χ3n) is 5.47. The Kier molecular flexibility index (Phi) is 5.40. The molecule has 5 nitrogen and oxygen atoms in total. The van der Waals surface area contributed by atoms with Crippen LogP contribution in [0.2, 0.25) is 0 Å². The first-order chi connectivity index (χ1) is 12.0. The molecule has 1 fully saturated rings. The maximum Gasteiger partial charge on any atom is 0.132 e. The minimum atomic E-state index is 0.310. The molecule has 3 heterocycles. The van der Waals surface area contributed by atoms with E-state index >= 15 is 0 Å².